The van der Waals surface area contributed by atoms with E-state index < -0.39 is 0 Å². The van der Waals surface area contributed by atoms with Gasteiger partial charge in [0.2, 0.25) is 0 Å². The van der Waals surface area contributed by atoms with Crippen molar-refractivity contribution in [3.8, 4) is 5.75 Å². The maximum atomic E-state index is 11.9. The summed E-state index contributed by atoms with van der Waals surface area (Å²) in [6, 6.07) is 9.84. The van der Waals surface area contributed by atoms with Crippen LogP contribution in [-0.2, 0) is 0 Å². The van der Waals surface area contributed by atoms with Crippen LogP contribution in [0.2, 0.25) is 0 Å². The van der Waals surface area contributed by atoms with Gasteiger partial charge in [0.15, 0.2) is 0 Å². The summed E-state index contributed by atoms with van der Waals surface area (Å²) in [7, 11) is 4.22. The molecule has 128 valence electrons. The second kappa shape index (κ2) is 8.74. The summed E-state index contributed by atoms with van der Waals surface area (Å²) in [5.41, 5.74) is 0. The number of nitrogens with one attached hydrogen (secondary N) is 2. The molecule has 2 N–H and O–H groups in total. The molecule has 1 fully saturated rings. The molecule has 6 heteroatoms. The van der Waals surface area contributed by atoms with Crippen LogP contribution in [0.1, 0.15) is 6.92 Å². The van der Waals surface area contributed by atoms with Crippen molar-refractivity contribution in [2.24, 2.45) is 0 Å². The van der Waals surface area contributed by atoms with Crippen molar-refractivity contribution in [1.82, 2.24) is 20.4 Å². The van der Waals surface area contributed by atoms with E-state index in [1.807, 2.05) is 37.3 Å². The van der Waals surface area contributed by atoms with E-state index >= 15 is 0 Å². The molecule has 1 saturated heterocycles. The number of carbonyl (C=O) groups is 1. The lowest BCUT2D eigenvalue weighted by Crippen LogP contribution is -2.55. The number of rotatable bonds is 6. The molecule has 6 nitrogen and oxygen atoms in total. The first-order valence-corrected chi connectivity index (χ1v) is 8.17. The molecule has 2 atom stereocenters. The van der Waals surface area contributed by atoms with Gasteiger partial charge in [-0.25, -0.2) is 4.79 Å². The Morgan fingerprint density at radius 2 is 2.00 bits per heavy atom. The summed E-state index contributed by atoms with van der Waals surface area (Å²) >= 11 is 0. The molecule has 0 aromatic heterocycles. The van der Waals surface area contributed by atoms with Gasteiger partial charge in [-0.3, -0.25) is 4.90 Å². The third kappa shape index (κ3) is 6.08. The van der Waals surface area contributed by atoms with Crippen molar-refractivity contribution in [2.75, 3.05) is 46.8 Å². The topological polar surface area (TPSA) is 56.8 Å². The van der Waals surface area contributed by atoms with Crippen LogP contribution in [0.25, 0.3) is 0 Å². The summed E-state index contributed by atoms with van der Waals surface area (Å²) in [6.07, 6.45) is -0.0772. The monoisotopic (exact) mass is 320 g/mol. The Morgan fingerprint density at radius 1 is 1.26 bits per heavy atom. The maximum Gasteiger partial charge on any atom is 0.314 e. The third-order valence-corrected chi connectivity index (χ3v) is 4.11. The van der Waals surface area contributed by atoms with Gasteiger partial charge in [0.05, 0.1) is 6.54 Å². The van der Waals surface area contributed by atoms with Crippen LogP contribution >= 0.6 is 0 Å². The number of ether oxygens (including phenoxy) is 1. The van der Waals surface area contributed by atoms with E-state index in [4.69, 9.17) is 4.74 Å². The minimum absolute atomic E-state index is 0.0772. The summed E-state index contributed by atoms with van der Waals surface area (Å²) in [5, 5.41) is 5.81. The molecule has 2 rings (SSSR count). The Bertz CT molecular complexity index is 483. The number of para-hydroxylation sites is 1. The molecule has 0 unspecified atom stereocenters. The molecule has 0 radical (unpaired) electrons. The summed E-state index contributed by atoms with van der Waals surface area (Å²) in [5.74, 6) is 0.814. The van der Waals surface area contributed by atoms with E-state index in [0.29, 0.717) is 19.1 Å². The standard InChI is InChI=1S/C17H28N4O2/c1-14(23-16-7-5-4-6-8-16)11-18-17(22)19-12-15-13-20(2)9-10-21(15)3/h4-8,14-15H,9-13H2,1-3H3,(H2,18,19,22)/t14-,15+/m1/s1. The fourth-order valence-electron chi connectivity index (χ4n) is 2.60. The minimum atomic E-state index is -0.143. The van der Waals surface area contributed by atoms with Gasteiger partial charge in [-0.15, -0.1) is 0 Å². The van der Waals surface area contributed by atoms with Crippen LogP contribution in [0, 0.1) is 0 Å². The van der Waals surface area contributed by atoms with Crippen LogP contribution in [0.3, 0.4) is 0 Å². The molecular weight excluding hydrogens is 292 g/mol. The number of hydrogen-bond acceptors (Lipinski definition) is 4. The Morgan fingerprint density at radius 3 is 2.74 bits per heavy atom. The van der Waals surface area contributed by atoms with Crippen LogP contribution in [-0.4, -0.2) is 74.8 Å². The average Bonchev–Trinajstić information content (AvgIpc) is 2.54. The Balaban J connectivity index is 1.64. The zero-order valence-electron chi connectivity index (χ0n) is 14.3. The largest absolute Gasteiger partial charge is 0.489 e. The highest BCUT2D eigenvalue weighted by Crippen LogP contribution is 2.10. The molecule has 0 aliphatic carbocycles. The number of piperazine rings is 1. The highest BCUT2D eigenvalue weighted by Gasteiger charge is 2.22. The lowest BCUT2D eigenvalue weighted by molar-refractivity contribution is 0.114. The van der Waals surface area contributed by atoms with Gasteiger partial charge < -0.3 is 20.3 Å². The first-order chi connectivity index (χ1) is 11.0. The van der Waals surface area contributed by atoms with Crippen molar-refractivity contribution in [3.63, 3.8) is 0 Å². The zero-order valence-corrected chi connectivity index (χ0v) is 14.3. The number of benzene rings is 1. The molecule has 0 saturated carbocycles. The summed E-state index contributed by atoms with van der Waals surface area (Å²) in [4.78, 5) is 16.5. The van der Waals surface area contributed by atoms with Crippen molar-refractivity contribution in [2.45, 2.75) is 19.1 Å². The van der Waals surface area contributed by atoms with E-state index in [-0.39, 0.29) is 12.1 Å². The zero-order chi connectivity index (χ0) is 16.7. The maximum absolute atomic E-state index is 11.9. The number of hydrogen-bond donors (Lipinski definition) is 2. The molecule has 1 aromatic rings. The van der Waals surface area contributed by atoms with Crippen LogP contribution in [0.4, 0.5) is 4.79 Å². The molecule has 2 amide bonds. The van der Waals surface area contributed by atoms with Crippen molar-refractivity contribution < 1.29 is 9.53 Å². The van der Waals surface area contributed by atoms with Gasteiger partial charge in [-0.2, -0.15) is 0 Å². The van der Waals surface area contributed by atoms with Gasteiger partial charge in [-0.1, -0.05) is 18.2 Å². The molecule has 1 aromatic carbocycles. The Labute approximate surface area is 138 Å². The third-order valence-electron chi connectivity index (χ3n) is 4.11. The fraction of sp³-hybridized carbons (Fsp3) is 0.588. The number of amides is 2. The van der Waals surface area contributed by atoms with Crippen molar-refractivity contribution in [3.05, 3.63) is 30.3 Å². The highest BCUT2D eigenvalue weighted by atomic mass is 16.5. The number of nitrogens with zero attached hydrogens (tertiary/aromatic N) is 2. The lowest BCUT2D eigenvalue weighted by atomic mass is 10.2. The molecular formula is C17H28N4O2. The van der Waals surface area contributed by atoms with E-state index in [2.05, 4.69) is 34.5 Å². The Hall–Kier alpha value is -1.79. The number of urea groups is 1. The van der Waals surface area contributed by atoms with E-state index in [9.17, 15) is 4.79 Å². The predicted molar refractivity (Wildman–Crippen MR) is 91.8 cm³/mol. The normalized spacial score (nSPS) is 20.7. The van der Waals surface area contributed by atoms with Gasteiger partial charge in [0.25, 0.3) is 0 Å². The van der Waals surface area contributed by atoms with E-state index in [0.717, 1.165) is 25.4 Å². The van der Waals surface area contributed by atoms with E-state index in [1.165, 1.54) is 0 Å². The first-order valence-electron chi connectivity index (χ1n) is 8.17. The Kier molecular flexibility index (Phi) is 6.67. The fourth-order valence-corrected chi connectivity index (χ4v) is 2.60. The first kappa shape index (κ1) is 17.6. The molecule has 0 bridgehead atoms. The number of carbonyl (C=O) groups excluding carboxylic acids is 1. The second-order valence-corrected chi connectivity index (χ2v) is 6.23. The minimum Gasteiger partial charge on any atom is -0.489 e. The van der Waals surface area contributed by atoms with Gasteiger partial charge >= 0.3 is 6.03 Å². The van der Waals surface area contributed by atoms with Gasteiger partial charge in [0, 0.05) is 32.2 Å². The molecule has 1 aliphatic rings. The van der Waals surface area contributed by atoms with Crippen molar-refractivity contribution >= 4 is 6.03 Å². The SMILES string of the molecule is C[C@H](CNC(=O)NC[C@H]1CN(C)CCN1C)Oc1ccccc1. The smallest absolute Gasteiger partial charge is 0.314 e. The van der Waals surface area contributed by atoms with Crippen LogP contribution in [0.5, 0.6) is 5.75 Å². The van der Waals surface area contributed by atoms with Gasteiger partial charge in [-0.05, 0) is 33.2 Å². The molecule has 1 heterocycles. The van der Waals surface area contributed by atoms with Gasteiger partial charge in [0.1, 0.15) is 11.9 Å². The highest BCUT2D eigenvalue weighted by molar-refractivity contribution is 5.73. The second-order valence-electron chi connectivity index (χ2n) is 6.23. The van der Waals surface area contributed by atoms with Crippen LogP contribution in [0.15, 0.2) is 30.3 Å². The molecule has 1 aliphatic heterocycles. The van der Waals surface area contributed by atoms with Crippen LogP contribution < -0.4 is 15.4 Å². The summed E-state index contributed by atoms with van der Waals surface area (Å²) in [6.45, 7) is 6.16. The summed E-state index contributed by atoms with van der Waals surface area (Å²) < 4.78 is 5.73. The van der Waals surface area contributed by atoms with E-state index in [1.54, 1.807) is 0 Å². The lowest BCUT2D eigenvalue weighted by Gasteiger charge is -2.37. The predicted octanol–water partition coefficient (Wildman–Crippen LogP) is 0.999. The quantitative estimate of drug-likeness (QED) is 0.821. The molecule has 23 heavy (non-hydrogen) atoms. The number of likely N-dealkylation sites (N-methyl/N-ethyl adjacent to an activating group) is 2. The van der Waals surface area contributed by atoms with Crippen molar-refractivity contribution in [1.29, 1.82) is 0 Å². The molecule has 0 spiro atoms. The average molecular weight is 320 g/mol.